The average Bonchev–Trinajstić information content (AvgIpc) is 1.88. The summed E-state index contributed by atoms with van der Waals surface area (Å²) in [6.45, 7) is 4.00. The standard InChI is InChI=1S/C3H6FNOS.C2H6/c4-7-2-1-3(5)6;1-2/h1-2H2,(H2,5,6);1-2H3. The summed E-state index contributed by atoms with van der Waals surface area (Å²) in [5.41, 5.74) is 4.66. The van der Waals surface area contributed by atoms with Crippen molar-refractivity contribution in [2.45, 2.75) is 20.3 Å². The van der Waals surface area contributed by atoms with Crippen LogP contribution < -0.4 is 5.73 Å². The Hall–Kier alpha value is -0.250. The molecule has 0 saturated heterocycles. The molecule has 2 N–H and O–H groups in total. The molecule has 0 aliphatic heterocycles. The summed E-state index contributed by atoms with van der Waals surface area (Å²) in [4.78, 5) is 9.80. The van der Waals surface area contributed by atoms with E-state index < -0.39 is 5.91 Å². The van der Waals surface area contributed by atoms with E-state index in [1.165, 1.54) is 0 Å². The molecule has 9 heavy (non-hydrogen) atoms. The number of hydrogen-bond donors (Lipinski definition) is 1. The van der Waals surface area contributed by atoms with Crippen LogP contribution >= 0.6 is 12.1 Å². The van der Waals surface area contributed by atoms with Gasteiger partial charge in [-0.05, 0) is 0 Å². The number of nitrogens with two attached hydrogens (primary N) is 1. The largest absolute Gasteiger partial charge is 0.370 e. The van der Waals surface area contributed by atoms with E-state index in [-0.39, 0.29) is 24.3 Å². The lowest BCUT2D eigenvalue weighted by Gasteiger charge is -1.83. The number of carbonyl (C=O) groups is 1. The molecular weight excluding hydrogens is 141 g/mol. The molecule has 0 aliphatic rings. The monoisotopic (exact) mass is 153 g/mol. The summed E-state index contributed by atoms with van der Waals surface area (Å²) in [7, 11) is 0. The smallest absolute Gasteiger partial charge is 0.218 e. The van der Waals surface area contributed by atoms with E-state index in [0.29, 0.717) is 0 Å². The van der Waals surface area contributed by atoms with Crippen molar-refractivity contribution in [1.29, 1.82) is 0 Å². The molecule has 0 aromatic carbocycles. The van der Waals surface area contributed by atoms with Crippen LogP contribution in [0.5, 0.6) is 0 Å². The summed E-state index contributed by atoms with van der Waals surface area (Å²) in [6, 6.07) is 0. The van der Waals surface area contributed by atoms with Crippen LogP contribution in [0.3, 0.4) is 0 Å². The first kappa shape index (κ1) is 11.5. The minimum absolute atomic E-state index is 0.126. The fraction of sp³-hybridized carbons (Fsp3) is 0.800. The topological polar surface area (TPSA) is 43.1 Å². The van der Waals surface area contributed by atoms with E-state index in [0.717, 1.165) is 0 Å². The van der Waals surface area contributed by atoms with E-state index in [1.807, 2.05) is 13.8 Å². The fourth-order valence-corrected chi connectivity index (χ4v) is 0.418. The molecule has 0 radical (unpaired) electrons. The Bertz CT molecular complexity index is 70.0. The number of rotatable bonds is 3. The van der Waals surface area contributed by atoms with Gasteiger partial charge in [-0.3, -0.25) is 4.79 Å². The van der Waals surface area contributed by atoms with Gasteiger partial charge in [-0.25, -0.2) is 0 Å². The predicted molar refractivity (Wildman–Crippen MR) is 38.7 cm³/mol. The van der Waals surface area contributed by atoms with Crippen molar-refractivity contribution in [3.05, 3.63) is 0 Å². The second kappa shape index (κ2) is 10.7. The molecule has 0 atom stereocenters. The highest BCUT2D eigenvalue weighted by atomic mass is 32.2. The van der Waals surface area contributed by atoms with E-state index in [1.54, 1.807) is 0 Å². The van der Waals surface area contributed by atoms with Crippen LogP contribution in [0, 0.1) is 0 Å². The molecule has 4 heteroatoms. The molecule has 0 heterocycles. The minimum Gasteiger partial charge on any atom is -0.370 e. The van der Waals surface area contributed by atoms with Crippen molar-refractivity contribution < 1.29 is 8.68 Å². The highest BCUT2D eigenvalue weighted by Gasteiger charge is 1.90. The van der Waals surface area contributed by atoms with Gasteiger partial charge in [0.05, 0.1) is 0 Å². The van der Waals surface area contributed by atoms with Crippen LogP contribution in [0.15, 0.2) is 0 Å². The molecule has 0 aliphatic carbocycles. The molecule has 0 fully saturated rings. The third-order valence-corrected chi connectivity index (χ3v) is 0.784. The van der Waals surface area contributed by atoms with Gasteiger partial charge in [0.15, 0.2) is 0 Å². The van der Waals surface area contributed by atoms with Gasteiger partial charge in [0.25, 0.3) is 0 Å². The quantitative estimate of drug-likeness (QED) is 0.667. The minimum atomic E-state index is -0.454. The number of primary amides is 1. The molecule has 0 unspecified atom stereocenters. The highest BCUT2D eigenvalue weighted by molar-refractivity contribution is 7.94. The number of amides is 1. The SMILES string of the molecule is CC.NC(=O)CCSF. The molecule has 0 aromatic heterocycles. The molecule has 56 valence electrons. The van der Waals surface area contributed by atoms with Crippen LogP contribution in [0.25, 0.3) is 0 Å². The second-order valence-corrected chi connectivity index (χ2v) is 1.66. The van der Waals surface area contributed by atoms with Gasteiger partial charge in [-0.1, -0.05) is 13.8 Å². The molecule has 0 spiro atoms. The third kappa shape index (κ3) is 18.2. The zero-order valence-electron chi connectivity index (χ0n) is 5.69. The van der Waals surface area contributed by atoms with E-state index in [9.17, 15) is 8.68 Å². The van der Waals surface area contributed by atoms with Crippen LogP contribution in [-0.4, -0.2) is 11.7 Å². The van der Waals surface area contributed by atoms with Gasteiger partial charge in [0.2, 0.25) is 5.91 Å². The van der Waals surface area contributed by atoms with Crippen LogP contribution in [-0.2, 0) is 4.79 Å². The Labute approximate surface area is 59.3 Å². The van der Waals surface area contributed by atoms with Crippen molar-refractivity contribution >= 4 is 18.1 Å². The summed E-state index contributed by atoms with van der Waals surface area (Å²) in [5, 5.41) is 0. The van der Waals surface area contributed by atoms with Crippen LogP contribution in [0.2, 0.25) is 0 Å². The Morgan fingerprint density at radius 3 is 2.22 bits per heavy atom. The van der Waals surface area contributed by atoms with Gasteiger partial charge in [0.1, 0.15) is 0 Å². The molecule has 2 nitrogen and oxygen atoms in total. The van der Waals surface area contributed by atoms with E-state index in [4.69, 9.17) is 0 Å². The van der Waals surface area contributed by atoms with Crippen LogP contribution in [0.4, 0.5) is 3.89 Å². The first-order valence-corrected chi connectivity index (χ1v) is 3.68. The zero-order valence-corrected chi connectivity index (χ0v) is 6.50. The van der Waals surface area contributed by atoms with Crippen molar-refractivity contribution in [2.24, 2.45) is 5.73 Å². The van der Waals surface area contributed by atoms with Gasteiger partial charge < -0.3 is 5.73 Å². The van der Waals surface area contributed by atoms with Gasteiger partial charge in [-0.15, -0.1) is 0 Å². The molecule has 0 bridgehead atoms. The maximum atomic E-state index is 11.1. The van der Waals surface area contributed by atoms with Crippen molar-refractivity contribution in [3.8, 4) is 0 Å². The lowest BCUT2D eigenvalue weighted by atomic mass is 10.5. The van der Waals surface area contributed by atoms with Crippen LogP contribution in [0.1, 0.15) is 20.3 Å². The highest BCUT2D eigenvalue weighted by Crippen LogP contribution is 2.00. The summed E-state index contributed by atoms with van der Waals surface area (Å²) in [6.07, 6.45) is 0.126. The number of hydrogen-bond acceptors (Lipinski definition) is 2. The first-order chi connectivity index (χ1) is 4.27. The molecule has 1 amide bonds. The molecular formula is C5H12FNOS. The second-order valence-electron chi connectivity index (χ2n) is 1.03. The third-order valence-electron chi connectivity index (χ3n) is 0.426. The number of halogens is 1. The summed E-state index contributed by atoms with van der Waals surface area (Å²) >= 11 is 0.129. The maximum Gasteiger partial charge on any atom is 0.218 e. The zero-order chi connectivity index (χ0) is 7.70. The van der Waals surface area contributed by atoms with Crippen molar-refractivity contribution in [1.82, 2.24) is 0 Å². The number of carbonyl (C=O) groups excluding carboxylic acids is 1. The Kier molecular flexibility index (Phi) is 13.7. The van der Waals surface area contributed by atoms with Gasteiger partial charge in [-0.2, -0.15) is 3.89 Å². The Balaban J connectivity index is 0. The Morgan fingerprint density at radius 2 is 2.11 bits per heavy atom. The summed E-state index contributed by atoms with van der Waals surface area (Å²) in [5.74, 6) is -0.278. The van der Waals surface area contributed by atoms with E-state index in [2.05, 4.69) is 5.73 Å². The average molecular weight is 153 g/mol. The van der Waals surface area contributed by atoms with Crippen molar-refractivity contribution in [2.75, 3.05) is 5.75 Å². The first-order valence-electron chi connectivity index (χ1n) is 2.79. The van der Waals surface area contributed by atoms with Crippen molar-refractivity contribution in [3.63, 3.8) is 0 Å². The predicted octanol–water partition coefficient (Wildman–Crippen LogP) is 1.51. The maximum absolute atomic E-state index is 11.1. The van der Waals surface area contributed by atoms with Gasteiger partial charge >= 0.3 is 0 Å². The molecule has 0 aromatic rings. The summed E-state index contributed by atoms with van der Waals surface area (Å²) < 4.78 is 11.1. The lowest BCUT2D eigenvalue weighted by Crippen LogP contribution is -2.10. The fourth-order valence-electron chi connectivity index (χ4n) is 0.139. The van der Waals surface area contributed by atoms with Gasteiger partial charge in [0, 0.05) is 24.3 Å². The normalized spacial score (nSPS) is 7.44. The lowest BCUT2D eigenvalue weighted by molar-refractivity contribution is -0.117. The van der Waals surface area contributed by atoms with E-state index >= 15 is 0 Å². The molecule has 0 saturated carbocycles. The molecule has 0 rings (SSSR count). The Morgan fingerprint density at radius 1 is 1.67 bits per heavy atom.